The number of rotatable bonds is 8. The number of nitrogens with zero attached hydrogens (tertiary/aromatic N) is 3. The van der Waals surface area contributed by atoms with Gasteiger partial charge in [-0.3, -0.25) is 4.79 Å². The highest BCUT2D eigenvalue weighted by molar-refractivity contribution is 7.99. The van der Waals surface area contributed by atoms with Gasteiger partial charge in [-0.15, -0.1) is 10.2 Å². The number of aromatic nitrogens is 3. The summed E-state index contributed by atoms with van der Waals surface area (Å²) in [5, 5.41) is 13.7. The summed E-state index contributed by atoms with van der Waals surface area (Å²) in [6, 6.07) is 10.4. The maximum Gasteiger partial charge on any atom is 0.226 e. The van der Waals surface area contributed by atoms with E-state index in [-0.39, 0.29) is 11.3 Å². The Morgan fingerprint density at radius 3 is 2.39 bits per heavy atom. The maximum atomic E-state index is 13.4. The molecule has 1 aromatic heterocycles. The van der Waals surface area contributed by atoms with Crippen molar-refractivity contribution in [2.24, 2.45) is 23.2 Å². The minimum Gasteiger partial charge on any atom is -0.348 e. The maximum absolute atomic E-state index is 13.4. The standard InChI is InChI=1S/C25H34N4OS/c1-3-17(2)31-24-28-27-22(29(24)16-18-7-5-4-6-8-18)15-26-23(30)25-12-19-9-20(13-25)11-21(10-19)14-25/h4-8,17,19-21H,3,9-16H2,1-2H3,(H,26,30). The lowest BCUT2D eigenvalue weighted by atomic mass is 9.49. The van der Waals surface area contributed by atoms with Gasteiger partial charge in [-0.25, -0.2) is 0 Å². The van der Waals surface area contributed by atoms with E-state index < -0.39 is 0 Å². The van der Waals surface area contributed by atoms with Crippen molar-refractivity contribution in [3.63, 3.8) is 0 Å². The molecule has 1 aromatic carbocycles. The fraction of sp³-hybridized carbons (Fsp3) is 0.640. The van der Waals surface area contributed by atoms with Gasteiger partial charge in [0.25, 0.3) is 0 Å². The first-order valence-electron chi connectivity index (χ1n) is 12.0. The zero-order valence-corrected chi connectivity index (χ0v) is 19.5. The zero-order valence-electron chi connectivity index (χ0n) is 18.7. The molecule has 0 saturated heterocycles. The van der Waals surface area contributed by atoms with Crippen molar-refractivity contribution in [2.75, 3.05) is 0 Å². The molecule has 4 fully saturated rings. The Morgan fingerprint density at radius 2 is 1.77 bits per heavy atom. The molecule has 4 saturated carbocycles. The van der Waals surface area contributed by atoms with Gasteiger partial charge in [0, 0.05) is 10.7 Å². The van der Waals surface area contributed by atoms with Crippen LogP contribution in [0.1, 0.15) is 70.2 Å². The van der Waals surface area contributed by atoms with Crippen LogP contribution in [0.15, 0.2) is 35.5 Å². The van der Waals surface area contributed by atoms with Crippen molar-refractivity contribution in [2.45, 2.75) is 82.3 Å². The highest BCUT2D eigenvalue weighted by Crippen LogP contribution is 2.60. The molecule has 4 aliphatic rings. The van der Waals surface area contributed by atoms with Gasteiger partial charge in [0.1, 0.15) is 0 Å². The number of carbonyl (C=O) groups is 1. The van der Waals surface area contributed by atoms with Crippen LogP contribution in [0.2, 0.25) is 0 Å². The molecular weight excluding hydrogens is 404 g/mol. The summed E-state index contributed by atoms with van der Waals surface area (Å²) in [7, 11) is 0. The number of hydrogen-bond acceptors (Lipinski definition) is 4. The van der Waals surface area contributed by atoms with E-state index >= 15 is 0 Å². The number of carbonyl (C=O) groups excluding carboxylic acids is 1. The van der Waals surface area contributed by atoms with E-state index in [1.807, 2.05) is 6.07 Å². The fourth-order valence-electron chi connectivity index (χ4n) is 6.46. The molecule has 1 amide bonds. The summed E-state index contributed by atoms with van der Waals surface area (Å²) in [5.41, 5.74) is 1.11. The first kappa shape index (κ1) is 21.0. The molecule has 2 aromatic rings. The van der Waals surface area contributed by atoms with Gasteiger partial charge in [-0.1, -0.05) is 55.9 Å². The average Bonchev–Trinajstić information content (AvgIpc) is 3.12. The van der Waals surface area contributed by atoms with Crippen LogP contribution in [-0.2, 0) is 17.9 Å². The van der Waals surface area contributed by atoms with E-state index in [1.54, 1.807) is 11.8 Å². The summed E-state index contributed by atoms with van der Waals surface area (Å²) < 4.78 is 2.19. The minimum atomic E-state index is -0.118. The second-order valence-electron chi connectivity index (χ2n) is 10.2. The van der Waals surface area contributed by atoms with Gasteiger partial charge < -0.3 is 9.88 Å². The molecule has 1 heterocycles. The van der Waals surface area contributed by atoms with Gasteiger partial charge >= 0.3 is 0 Å². The van der Waals surface area contributed by atoms with E-state index in [9.17, 15) is 4.79 Å². The van der Waals surface area contributed by atoms with Crippen LogP contribution >= 0.6 is 11.8 Å². The third kappa shape index (κ3) is 4.28. The molecule has 0 aliphatic heterocycles. The van der Waals surface area contributed by atoms with Crippen LogP contribution in [0.5, 0.6) is 0 Å². The second-order valence-corrected chi connectivity index (χ2v) is 11.6. The van der Waals surface area contributed by atoms with Gasteiger partial charge in [0.05, 0.1) is 13.1 Å². The third-order valence-corrected chi connectivity index (χ3v) is 9.03. The lowest BCUT2D eigenvalue weighted by molar-refractivity contribution is -0.146. The predicted molar refractivity (Wildman–Crippen MR) is 124 cm³/mol. The molecule has 1 unspecified atom stereocenters. The second kappa shape index (κ2) is 8.61. The highest BCUT2D eigenvalue weighted by Gasteiger charge is 2.54. The van der Waals surface area contributed by atoms with Crippen molar-refractivity contribution in [3.8, 4) is 0 Å². The quantitative estimate of drug-likeness (QED) is 0.586. The van der Waals surface area contributed by atoms with Gasteiger partial charge in [-0.05, 0) is 68.3 Å². The lowest BCUT2D eigenvalue weighted by Crippen LogP contribution is -2.53. The number of amides is 1. The molecule has 31 heavy (non-hydrogen) atoms. The van der Waals surface area contributed by atoms with E-state index in [0.717, 1.165) is 61.0 Å². The van der Waals surface area contributed by atoms with Crippen LogP contribution in [0.25, 0.3) is 0 Å². The van der Waals surface area contributed by atoms with Gasteiger partial charge in [0.2, 0.25) is 5.91 Å². The third-order valence-electron chi connectivity index (χ3n) is 7.79. The Morgan fingerprint density at radius 1 is 1.13 bits per heavy atom. The summed E-state index contributed by atoms with van der Waals surface area (Å²) >= 11 is 1.77. The Balaban J connectivity index is 1.32. The molecule has 1 atom stereocenters. The zero-order chi connectivity index (χ0) is 21.4. The number of nitrogens with one attached hydrogen (secondary N) is 1. The predicted octanol–water partition coefficient (Wildman–Crippen LogP) is 5.05. The van der Waals surface area contributed by atoms with Crippen molar-refractivity contribution < 1.29 is 4.79 Å². The summed E-state index contributed by atoms with van der Waals surface area (Å²) in [6.07, 6.45) is 8.43. The largest absolute Gasteiger partial charge is 0.348 e. The van der Waals surface area contributed by atoms with E-state index in [0.29, 0.717) is 11.8 Å². The normalized spacial score (nSPS) is 29.8. The van der Waals surface area contributed by atoms with Crippen LogP contribution in [-0.4, -0.2) is 25.9 Å². The van der Waals surface area contributed by atoms with Crippen LogP contribution in [0.4, 0.5) is 0 Å². The van der Waals surface area contributed by atoms with Crippen molar-refractivity contribution in [1.82, 2.24) is 20.1 Å². The molecule has 5 nitrogen and oxygen atoms in total. The molecule has 6 rings (SSSR count). The molecule has 4 bridgehead atoms. The number of benzene rings is 1. The number of thioether (sulfide) groups is 1. The molecule has 0 radical (unpaired) electrons. The van der Waals surface area contributed by atoms with Crippen molar-refractivity contribution in [1.29, 1.82) is 0 Å². The van der Waals surface area contributed by atoms with Crippen LogP contribution in [0, 0.1) is 23.2 Å². The fourth-order valence-corrected chi connectivity index (χ4v) is 7.37. The van der Waals surface area contributed by atoms with Crippen LogP contribution in [0.3, 0.4) is 0 Å². The first-order valence-corrected chi connectivity index (χ1v) is 12.8. The van der Waals surface area contributed by atoms with Gasteiger partial charge in [0.15, 0.2) is 11.0 Å². The van der Waals surface area contributed by atoms with E-state index in [2.05, 4.69) is 58.2 Å². The van der Waals surface area contributed by atoms with Crippen molar-refractivity contribution in [3.05, 3.63) is 41.7 Å². The topological polar surface area (TPSA) is 59.8 Å². The Bertz CT molecular complexity index is 890. The van der Waals surface area contributed by atoms with Crippen LogP contribution < -0.4 is 5.32 Å². The molecule has 4 aliphatic carbocycles. The molecule has 6 heteroatoms. The molecule has 1 N–H and O–H groups in total. The van der Waals surface area contributed by atoms with E-state index in [1.165, 1.54) is 24.8 Å². The summed E-state index contributed by atoms with van der Waals surface area (Å²) in [6.45, 7) is 5.61. The Kier molecular flexibility index (Phi) is 5.84. The molecule has 0 spiro atoms. The lowest BCUT2D eigenvalue weighted by Gasteiger charge is -2.55. The smallest absolute Gasteiger partial charge is 0.226 e. The summed E-state index contributed by atoms with van der Waals surface area (Å²) in [5.74, 6) is 3.44. The minimum absolute atomic E-state index is 0.118. The molecular formula is C25H34N4OS. The van der Waals surface area contributed by atoms with Crippen molar-refractivity contribution >= 4 is 17.7 Å². The first-order chi connectivity index (χ1) is 15.0. The molecule has 166 valence electrons. The van der Waals surface area contributed by atoms with Gasteiger partial charge in [-0.2, -0.15) is 0 Å². The van der Waals surface area contributed by atoms with E-state index in [4.69, 9.17) is 0 Å². The average molecular weight is 439 g/mol. The summed E-state index contributed by atoms with van der Waals surface area (Å²) in [4.78, 5) is 13.4. The monoisotopic (exact) mass is 438 g/mol. The Labute approximate surface area is 189 Å². The number of hydrogen-bond donors (Lipinski definition) is 1. The Hall–Kier alpha value is -1.82. The highest BCUT2D eigenvalue weighted by atomic mass is 32.2. The SMILES string of the molecule is CCC(C)Sc1nnc(CNC(=O)C23CC4CC(CC(C4)C2)C3)n1Cc1ccccc1.